The van der Waals surface area contributed by atoms with Gasteiger partial charge in [0.05, 0.1) is 0 Å². The Morgan fingerprint density at radius 3 is 2.30 bits per heavy atom. The van der Waals surface area contributed by atoms with Gasteiger partial charge in [0.15, 0.2) is 0 Å². The van der Waals surface area contributed by atoms with Crippen molar-refractivity contribution in [2.75, 3.05) is 44.2 Å². The first-order valence-corrected chi connectivity index (χ1v) is 10.9. The normalized spacial score (nSPS) is 24.4. The molecule has 1 atom stereocenters. The van der Waals surface area contributed by atoms with Crippen molar-refractivity contribution in [2.45, 2.75) is 51.0 Å². The maximum absolute atomic E-state index is 12.6. The van der Waals surface area contributed by atoms with Crippen molar-refractivity contribution in [3.05, 3.63) is 18.5 Å². The molecular weight excluding hydrogens is 406 g/mol. The highest BCUT2D eigenvalue weighted by molar-refractivity contribution is 6.01. The van der Waals surface area contributed by atoms with Crippen molar-refractivity contribution in [2.24, 2.45) is 5.41 Å². The van der Waals surface area contributed by atoms with Crippen LogP contribution in [0.4, 0.5) is 5.95 Å². The van der Waals surface area contributed by atoms with Crippen molar-refractivity contribution in [3.8, 4) is 0 Å². The average molecular weight is 438 g/mol. The largest absolute Gasteiger partial charge is 0.383 e. The van der Waals surface area contributed by atoms with Crippen LogP contribution in [-0.4, -0.2) is 82.1 Å². The quantitative estimate of drug-likeness (QED) is 0.532. The molecule has 166 valence electrons. The van der Waals surface area contributed by atoms with Crippen LogP contribution < -0.4 is 4.90 Å². The zero-order valence-corrected chi connectivity index (χ0v) is 18.2. The fourth-order valence-electron chi connectivity index (χ4n) is 5.02. The number of carbonyl (C=O) groups is 2. The lowest BCUT2D eigenvalue weighted by atomic mass is 9.74. The Bertz CT molecular complexity index is 721. The molecule has 8 nitrogen and oxygen atoms in total. The maximum atomic E-state index is 12.6. The van der Waals surface area contributed by atoms with Crippen LogP contribution in [0, 0.1) is 5.41 Å². The number of hydrogen-bond donors (Lipinski definition) is 1. The zero-order chi connectivity index (χ0) is 20.3. The van der Waals surface area contributed by atoms with Crippen LogP contribution in [0.3, 0.4) is 0 Å². The van der Waals surface area contributed by atoms with Crippen LogP contribution in [-0.2, 0) is 9.59 Å². The van der Waals surface area contributed by atoms with Gasteiger partial charge in [0.1, 0.15) is 6.10 Å². The number of likely N-dealkylation sites (tertiary alicyclic amines) is 1. The number of unbranched alkanes of at least 4 members (excludes halogenated alkanes) is 1. The Morgan fingerprint density at radius 1 is 1.00 bits per heavy atom. The van der Waals surface area contributed by atoms with Gasteiger partial charge in [-0.1, -0.05) is 12.8 Å². The Kier molecular flexibility index (Phi) is 7.65. The van der Waals surface area contributed by atoms with E-state index in [2.05, 4.69) is 19.8 Å². The predicted molar refractivity (Wildman–Crippen MR) is 115 cm³/mol. The van der Waals surface area contributed by atoms with E-state index in [1.54, 1.807) is 12.4 Å². The third-order valence-electron chi connectivity index (χ3n) is 6.80. The third kappa shape index (κ3) is 4.76. The number of piperidine rings is 1. The van der Waals surface area contributed by atoms with Gasteiger partial charge < -0.3 is 10.0 Å². The van der Waals surface area contributed by atoms with Crippen LogP contribution in [0.25, 0.3) is 0 Å². The number of aliphatic hydroxyl groups excluding tert-OH is 1. The number of rotatable bonds is 6. The number of hydrogen-bond acceptors (Lipinski definition) is 7. The second-order valence-corrected chi connectivity index (χ2v) is 8.62. The Labute approximate surface area is 184 Å². The molecule has 1 aliphatic carbocycles. The molecule has 3 fully saturated rings. The second-order valence-electron chi connectivity index (χ2n) is 8.62. The van der Waals surface area contributed by atoms with Crippen LogP contribution in [0.5, 0.6) is 0 Å². The molecular formula is C21H32ClN5O3. The Balaban J connectivity index is 0.00000256. The van der Waals surface area contributed by atoms with Gasteiger partial charge in [-0.05, 0) is 38.3 Å². The highest BCUT2D eigenvalue weighted by Gasteiger charge is 2.51. The molecule has 2 saturated heterocycles. The molecule has 3 aliphatic rings. The van der Waals surface area contributed by atoms with E-state index in [1.165, 1.54) is 4.90 Å². The fraction of sp³-hybridized carbons (Fsp3) is 0.714. The molecule has 1 aromatic rings. The van der Waals surface area contributed by atoms with Gasteiger partial charge in [-0.25, -0.2) is 9.97 Å². The SMILES string of the molecule is Cl.O=C1CC2(CCCC2)[C@H](O)C(=O)N1CCCCN1CCN(c2ncccn2)CC1. The van der Waals surface area contributed by atoms with Crippen molar-refractivity contribution < 1.29 is 14.7 Å². The molecule has 1 N–H and O–H groups in total. The zero-order valence-electron chi connectivity index (χ0n) is 17.4. The van der Waals surface area contributed by atoms with Gasteiger partial charge in [-0.2, -0.15) is 0 Å². The minimum absolute atomic E-state index is 0. The van der Waals surface area contributed by atoms with E-state index < -0.39 is 11.5 Å². The van der Waals surface area contributed by atoms with Gasteiger partial charge in [-0.3, -0.25) is 19.4 Å². The summed E-state index contributed by atoms with van der Waals surface area (Å²) in [6.07, 6.45) is 8.15. The molecule has 9 heteroatoms. The predicted octanol–water partition coefficient (Wildman–Crippen LogP) is 1.48. The third-order valence-corrected chi connectivity index (χ3v) is 6.80. The van der Waals surface area contributed by atoms with E-state index in [4.69, 9.17) is 0 Å². The number of anilines is 1. The number of carbonyl (C=O) groups excluding carboxylic acids is 2. The van der Waals surface area contributed by atoms with E-state index >= 15 is 0 Å². The molecule has 4 rings (SSSR count). The second kappa shape index (κ2) is 10.0. The summed E-state index contributed by atoms with van der Waals surface area (Å²) in [6.45, 7) is 5.10. The first-order chi connectivity index (χ1) is 14.1. The summed E-state index contributed by atoms with van der Waals surface area (Å²) in [5, 5.41) is 10.5. The molecule has 2 amide bonds. The standard InChI is InChI=1S/C21H31N5O3.ClH/c27-17-16-21(6-1-2-7-21)18(28)19(29)26(17)11-4-3-10-24-12-14-25(15-13-24)20-22-8-5-9-23-20;/h5,8-9,18,28H,1-4,6-7,10-16H2;1H/t18-;/m1./s1. The highest BCUT2D eigenvalue weighted by Crippen LogP contribution is 2.47. The number of piperazine rings is 1. The van der Waals surface area contributed by atoms with E-state index in [-0.39, 0.29) is 24.2 Å². The summed E-state index contributed by atoms with van der Waals surface area (Å²) in [5.41, 5.74) is -0.479. The van der Waals surface area contributed by atoms with Gasteiger partial charge in [0.2, 0.25) is 11.9 Å². The number of aromatic nitrogens is 2. The topological polar surface area (TPSA) is 89.9 Å². The summed E-state index contributed by atoms with van der Waals surface area (Å²) in [5.74, 6) is 0.311. The molecule has 0 bridgehead atoms. The van der Waals surface area contributed by atoms with E-state index in [1.807, 2.05) is 6.07 Å². The summed E-state index contributed by atoms with van der Waals surface area (Å²) in [6, 6.07) is 1.82. The van der Waals surface area contributed by atoms with Crippen molar-refractivity contribution >= 4 is 30.2 Å². The molecule has 2 aliphatic heterocycles. The van der Waals surface area contributed by atoms with Gasteiger partial charge in [-0.15, -0.1) is 12.4 Å². The lowest BCUT2D eigenvalue weighted by Crippen LogP contribution is -2.56. The van der Waals surface area contributed by atoms with Crippen molar-refractivity contribution in [1.82, 2.24) is 19.8 Å². The van der Waals surface area contributed by atoms with Gasteiger partial charge in [0, 0.05) is 57.0 Å². The average Bonchev–Trinajstić information content (AvgIpc) is 3.22. The molecule has 1 aromatic heterocycles. The number of imide groups is 1. The molecule has 3 heterocycles. The smallest absolute Gasteiger partial charge is 0.258 e. The van der Waals surface area contributed by atoms with E-state index in [0.29, 0.717) is 13.0 Å². The Hall–Kier alpha value is -1.77. The number of aliphatic hydroxyl groups is 1. The molecule has 0 aromatic carbocycles. The number of halogens is 1. The van der Waals surface area contributed by atoms with Gasteiger partial charge >= 0.3 is 0 Å². The summed E-state index contributed by atoms with van der Waals surface area (Å²) in [7, 11) is 0. The number of nitrogens with zero attached hydrogens (tertiary/aromatic N) is 5. The summed E-state index contributed by atoms with van der Waals surface area (Å²) >= 11 is 0. The van der Waals surface area contributed by atoms with E-state index in [0.717, 1.165) is 77.2 Å². The van der Waals surface area contributed by atoms with Crippen molar-refractivity contribution in [3.63, 3.8) is 0 Å². The van der Waals surface area contributed by atoms with E-state index in [9.17, 15) is 14.7 Å². The minimum atomic E-state index is -1.00. The lowest BCUT2D eigenvalue weighted by Gasteiger charge is -2.41. The first-order valence-electron chi connectivity index (χ1n) is 10.9. The molecule has 1 spiro atoms. The fourth-order valence-corrected chi connectivity index (χ4v) is 5.02. The molecule has 30 heavy (non-hydrogen) atoms. The van der Waals surface area contributed by atoms with Crippen LogP contribution in [0.1, 0.15) is 44.9 Å². The Morgan fingerprint density at radius 2 is 1.63 bits per heavy atom. The summed E-state index contributed by atoms with van der Waals surface area (Å²) < 4.78 is 0. The van der Waals surface area contributed by atoms with Crippen LogP contribution >= 0.6 is 12.4 Å². The molecule has 1 saturated carbocycles. The summed E-state index contributed by atoms with van der Waals surface area (Å²) in [4.78, 5) is 39.7. The monoisotopic (exact) mass is 437 g/mol. The van der Waals surface area contributed by atoms with Crippen molar-refractivity contribution in [1.29, 1.82) is 0 Å². The van der Waals surface area contributed by atoms with Crippen LogP contribution in [0.15, 0.2) is 18.5 Å². The molecule has 0 radical (unpaired) electrons. The number of amides is 2. The van der Waals surface area contributed by atoms with Gasteiger partial charge in [0.25, 0.3) is 5.91 Å². The minimum Gasteiger partial charge on any atom is -0.383 e. The first kappa shape index (κ1) is 22.9. The highest BCUT2D eigenvalue weighted by atomic mass is 35.5. The maximum Gasteiger partial charge on any atom is 0.258 e. The molecule has 0 unspecified atom stereocenters. The van der Waals surface area contributed by atoms with Crippen LogP contribution in [0.2, 0.25) is 0 Å². The lowest BCUT2D eigenvalue weighted by molar-refractivity contribution is -0.166.